The smallest absolute Gasteiger partial charge is 0.329 e. The lowest BCUT2D eigenvalue weighted by atomic mass is 9.96. The first-order valence-electron chi connectivity index (χ1n) is 7.53. The van der Waals surface area contributed by atoms with E-state index in [1.807, 2.05) is 6.92 Å². The van der Waals surface area contributed by atoms with Crippen molar-refractivity contribution in [2.75, 3.05) is 13.7 Å². The zero-order valence-corrected chi connectivity index (χ0v) is 14.8. The maximum atomic E-state index is 12.2. The summed E-state index contributed by atoms with van der Waals surface area (Å²) in [5.41, 5.74) is 0.561. The van der Waals surface area contributed by atoms with Gasteiger partial charge in [-0.1, -0.05) is 17.7 Å². The molecule has 0 bridgehead atoms. The van der Waals surface area contributed by atoms with Crippen molar-refractivity contribution in [1.29, 1.82) is 0 Å². The van der Waals surface area contributed by atoms with Gasteiger partial charge in [0.25, 0.3) is 0 Å². The van der Waals surface area contributed by atoms with E-state index in [9.17, 15) is 14.4 Å². The van der Waals surface area contributed by atoms with Gasteiger partial charge >= 0.3 is 5.97 Å². The molecule has 0 saturated carbocycles. The Morgan fingerprint density at radius 1 is 1.36 bits per heavy atom. The van der Waals surface area contributed by atoms with Crippen LogP contribution in [0.4, 0.5) is 0 Å². The summed E-state index contributed by atoms with van der Waals surface area (Å²) in [5.74, 6) is -2.61. The van der Waals surface area contributed by atoms with E-state index in [1.54, 1.807) is 12.1 Å². The number of hydrogen-bond donors (Lipinski definition) is 0. The van der Waals surface area contributed by atoms with E-state index in [-0.39, 0.29) is 5.76 Å². The van der Waals surface area contributed by atoms with Gasteiger partial charge in [-0.3, -0.25) is 14.4 Å². The Morgan fingerprint density at radius 2 is 2.08 bits per heavy atom. The number of ether oxygens (including phenoxy) is 3. The Bertz CT molecular complexity index is 778. The summed E-state index contributed by atoms with van der Waals surface area (Å²) < 4.78 is 15.5. The molecular weight excluding hydrogens is 348 g/mol. The number of allylic oxidation sites excluding steroid dienone is 3. The highest BCUT2D eigenvalue weighted by atomic mass is 35.5. The topological polar surface area (TPSA) is 78.9 Å². The Morgan fingerprint density at radius 3 is 2.68 bits per heavy atom. The number of benzene rings is 1. The molecule has 0 radical (unpaired) electrons. The molecule has 1 heterocycles. The molecule has 1 aliphatic heterocycles. The third-order valence-corrected chi connectivity index (χ3v) is 3.67. The van der Waals surface area contributed by atoms with Crippen LogP contribution in [-0.2, 0) is 19.1 Å². The molecular formula is C18H17ClO6. The molecule has 0 amide bonds. The average Bonchev–Trinajstić information content (AvgIpc) is 2.52. The molecule has 0 saturated heterocycles. The van der Waals surface area contributed by atoms with Crippen LogP contribution < -0.4 is 9.47 Å². The highest BCUT2D eigenvalue weighted by Gasteiger charge is 2.36. The number of halogens is 1. The van der Waals surface area contributed by atoms with Crippen molar-refractivity contribution < 1.29 is 28.6 Å². The molecule has 132 valence electrons. The molecule has 1 aromatic rings. The number of carbonyl (C=O) groups is 3. The van der Waals surface area contributed by atoms with E-state index in [1.165, 1.54) is 20.1 Å². The zero-order valence-electron chi connectivity index (χ0n) is 14.0. The van der Waals surface area contributed by atoms with Gasteiger partial charge in [-0.25, -0.2) is 0 Å². The van der Waals surface area contributed by atoms with Crippen LogP contribution in [0.2, 0.25) is 5.02 Å². The second-order valence-electron chi connectivity index (χ2n) is 5.21. The van der Waals surface area contributed by atoms with E-state index in [0.717, 1.165) is 12.2 Å². The molecule has 2 rings (SSSR count). The van der Waals surface area contributed by atoms with Gasteiger partial charge in [0, 0.05) is 6.08 Å². The van der Waals surface area contributed by atoms with Crippen molar-refractivity contribution in [3.63, 3.8) is 0 Å². The Hall–Kier alpha value is -2.60. The predicted octanol–water partition coefficient (Wildman–Crippen LogP) is 2.98. The van der Waals surface area contributed by atoms with Crippen molar-refractivity contribution in [3.8, 4) is 11.5 Å². The first-order valence-corrected chi connectivity index (χ1v) is 7.91. The van der Waals surface area contributed by atoms with Crippen LogP contribution in [0.1, 0.15) is 19.4 Å². The van der Waals surface area contributed by atoms with Gasteiger partial charge in [0.15, 0.2) is 29.0 Å². The molecule has 1 aliphatic rings. The second-order valence-corrected chi connectivity index (χ2v) is 5.62. The number of methoxy groups -OCH3 is 1. The monoisotopic (exact) mass is 364 g/mol. The molecule has 0 aromatic heterocycles. The summed E-state index contributed by atoms with van der Waals surface area (Å²) in [6.07, 6.45) is 3.73. The van der Waals surface area contributed by atoms with Crippen LogP contribution in [0.15, 0.2) is 30.0 Å². The lowest BCUT2D eigenvalue weighted by molar-refractivity contribution is -0.151. The van der Waals surface area contributed by atoms with E-state index < -0.39 is 23.5 Å². The molecule has 0 aliphatic carbocycles. The fourth-order valence-electron chi connectivity index (χ4n) is 2.32. The summed E-state index contributed by atoms with van der Waals surface area (Å²) >= 11 is 6.14. The van der Waals surface area contributed by atoms with Crippen LogP contribution in [0.25, 0.3) is 6.08 Å². The van der Waals surface area contributed by atoms with E-state index in [0.29, 0.717) is 28.7 Å². The number of cyclic esters (lactones) is 1. The van der Waals surface area contributed by atoms with Crippen molar-refractivity contribution in [2.24, 2.45) is 5.92 Å². The Labute approximate surface area is 150 Å². The maximum Gasteiger partial charge on any atom is 0.329 e. The largest absolute Gasteiger partial charge is 0.491 e. The molecule has 1 aromatic carbocycles. The van der Waals surface area contributed by atoms with Gasteiger partial charge in [0.05, 0.1) is 18.7 Å². The number of hydrogen-bond acceptors (Lipinski definition) is 6. The van der Waals surface area contributed by atoms with Crippen LogP contribution in [-0.4, -0.2) is 31.3 Å². The first-order chi connectivity index (χ1) is 11.9. The molecule has 1 atom stereocenters. The molecule has 0 N–H and O–H groups in total. The lowest BCUT2D eigenvalue weighted by Gasteiger charge is -2.15. The van der Waals surface area contributed by atoms with Gasteiger partial charge in [-0.2, -0.15) is 0 Å². The average molecular weight is 365 g/mol. The molecule has 0 fully saturated rings. The van der Waals surface area contributed by atoms with Gasteiger partial charge in [-0.05, 0) is 37.6 Å². The van der Waals surface area contributed by atoms with E-state index in [2.05, 4.69) is 0 Å². The molecule has 7 heteroatoms. The van der Waals surface area contributed by atoms with Crippen LogP contribution >= 0.6 is 11.6 Å². The van der Waals surface area contributed by atoms with E-state index in [4.69, 9.17) is 25.8 Å². The third kappa shape index (κ3) is 4.28. The summed E-state index contributed by atoms with van der Waals surface area (Å²) in [6.45, 7) is 3.70. The van der Waals surface area contributed by atoms with Crippen LogP contribution in [0.5, 0.6) is 11.5 Å². The number of carbonyl (C=O) groups excluding carboxylic acids is 3. The zero-order chi connectivity index (χ0) is 18.6. The quantitative estimate of drug-likeness (QED) is 0.438. The van der Waals surface area contributed by atoms with Gasteiger partial charge < -0.3 is 14.2 Å². The van der Waals surface area contributed by atoms with Crippen molar-refractivity contribution in [2.45, 2.75) is 13.8 Å². The van der Waals surface area contributed by atoms with Gasteiger partial charge in [0.1, 0.15) is 5.76 Å². The second kappa shape index (κ2) is 7.98. The first kappa shape index (κ1) is 18.7. The fourth-order valence-corrected chi connectivity index (χ4v) is 2.62. The SMILES string of the molecule is CCOc1cc(/C=C/C(=O)C2C(=O)C=C(C)OC2=O)cc(Cl)c1OC. The standard InChI is InChI=1S/C18H17ClO6/c1-4-24-15-9-11(8-12(19)17(15)23-3)5-6-13(20)16-14(21)7-10(2)25-18(16)22/h5-9,16H,4H2,1-3H3/b6-5+. The minimum atomic E-state index is -1.47. The number of ketones is 2. The highest BCUT2D eigenvalue weighted by Crippen LogP contribution is 2.36. The summed E-state index contributed by atoms with van der Waals surface area (Å²) in [7, 11) is 1.47. The van der Waals surface area contributed by atoms with Crippen LogP contribution in [0, 0.1) is 5.92 Å². The maximum absolute atomic E-state index is 12.2. The highest BCUT2D eigenvalue weighted by molar-refractivity contribution is 6.32. The summed E-state index contributed by atoms with van der Waals surface area (Å²) in [6, 6.07) is 3.22. The number of rotatable bonds is 6. The van der Waals surface area contributed by atoms with Gasteiger partial charge in [-0.15, -0.1) is 0 Å². The Kier molecular flexibility index (Phi) is 5.98. The van der Waals surface area contributed by atoms with Gasteiger partial charge in [0.2, 0.25) is 0 Å². The molecule has 1 unspecified atom stereocenters. The Balaban J connectivity index is 2.25. The van der Waals surface area contributed by atoms with Crippen molar-refractivity contribution >= 4 is 35.2 Å². The molecule has 6 nitrogen and oxygen atoms in total. The summed E-state index contributed by atoms with van der Waals surface area (Å²) in [5, 5.41) is 0.312. The normalized spacial score (nSPS) is 17.3. The van der Waals surface area contributed by atoms with Crippen LogP contribution in [0.3, 0.4) is 0 Å². The van der Waals surface area contributed by atoms with Crippen molar-refractivity contribution in [3.05, 3.63) is 40.6 Å². The van der Waals surface area contributed by atoms with E-state index >= 15 is 0 Å². The number of esters is 1. The summed E-state index contributed by atoms with van der Waals surface area (Å²) in [4.78, 5) is 35.8. The third-order valence-electron chi connectivity index (χ3n) is 3.39. The molecule has 0 spiro atoms. The van der Waals surface area contributed by atoms with Crippen molar-refractivity contribution in [1.82, 2.24) is 0 Å². The molecule has 25 heavy (non-hydrogen) atoms. The fraction of sp³-hybridized carbons (Fsp3) is 0.278. The predicted molar refractivity (Wildman–Crippen MR) is 91.6 cm³/mol. The lowest BCUT2D eigenvalue weighted by Crippen LogP contribution is -2.34. The minimum absolute atomic E-state index is 0.173. The minimum Gasteiger partial charge on any atom is -0.491 e.